The minimum atomic E-state index is -0.434. The number of benzene rings is 1. The highest BCUT2D eigenvalue weighted by atomic mass is 35.5. The van der Waals surface area contributed by atoms with Crippen molar-refractivity contribution >= 4 is 23.4 Å². The first-order chi connectivity index (χ1) is 12.0. The van der Waals surface area contributed by atoms with Crippen LogP contribution in [0.5, 0.6) is 0 Å². The molecule has 2 amide bonds. The summed E-state index contributed by atoms with van der Waals surface area (Å²) in [5.41, 5.74) is 0.868. The quantitative estimate of drug-likeness (QED) is 0.908. The van der Waals surface area contributed by atoms with E-state index in [4.69, 9.17) is 16.1 Å². The lowest BCUT2D eigenvalue weighted by Crippen LogP contribution is -2.43. The van der Waals surface area contributed by atoms with E-state index in [1.807, 2.05) is 6.07 Å². The molecule has 25 heavy (non-hydrogen) atoms. The van der Waals surface area contributed by atoms with Gasteiger partial charge < -0.3 is 14.7 Å². The number of likely N-dealkylation sites (tertiary alicyclic amines) is 1. The molecule has 2 aromatic rings. The molecule has 0 spiro atoms. The van der Waals surface area contributed by atoms with Crippen molar-refractivity contribution in [2.45, 2.75) is 19.8 Å². The average Bonchev–Trinajstić information content (AvgIpc) is 3.10. The summed E-state index contributed by atoms with van der Waals surface area (Å²) in [6, 6.07) is 8.62. The van der Waals surface area contributed by atoms with Crippen molar-refractivity contribution < 1.29 is 14.1 Å². The van der Waals surface area contributed by atoms with Crippen LogP contribution in [0.25, 0.3) is 11.3 Å². The smallest absolute Gasteiger partial charge is 0.273 e. The third kappa shape index (κ3) is 4.39. The van der Waals surface area contributed by atoms with Gasteiger partial charge in [0.15, 0.2) is 11.5 Å². The fourth-order valence-corrected chi connectivity index (χ4v) is 2.97. The number of hydrogen-bond donors (Lipinski definition) is 1. The summed E-state index contributed by atoms with van der Waals surface area (Å²) >= 11 is 5.95. The highest BCUT2D eigenvalue weighted by Crippen LogP contribution is 2.23. The van der Waals surface area contributed by atoms with Crippen LogP contribution in [-0.2, 0) is 4.79 Å². The third-order valence-electron chi connectivity index (χ3n) is 4.39. The van der Waals surface area contributed by atoms with Crippen molar-refractivity contribution in [2.24, 2.45) is 5.92 Å². The molecule has 1 aromatic carbocycles. The van der Waals surface area contributed by atoms with Gasteiger partial charge in [-0.1, -0.05) is 35.8 Å². The van der Waals surface area contributed by atoms with Crippen LogP contribution in [-0.4, -0.2) is 41.5 Å². The molecule has 1 N–H and O–H groups in total. The Bertz CT molecular complexity index is 766. The molecular formula is C18H20ClN3O3. The van der Waals surface area contributed by atoms with Gasteiger partial charge in [-0.2, -0.15) is 0 Å². The van der Waals surface area contributed by atoms with E-state index in [-0.39, 0.29) is 18.1 Å². The van der Waals surface area contributed by atoms with Crippen LogP contribution in [0.4, 0.5) is 0 Å². The van der Waals surface area contributed by atoms with Crippen LogP contribution in [0.3, 0.4) is 0 Å². The highest BCUT2D eigenvalue weighted by molar-refractivity contribution is 6.30. The summed E-state index contributed by atoms with van der Waals surface area (Å²) in [6.45, 7) is 3.65. The van der Waals surface area contributed by atoms with Gasteiger partial charge in [0.25, 0.3) is 5.91 Å². The van der Waals surface area contributed by atoms with Crippen LogP contribution in [0.15, 0.2) is 34.9 Å². The van der Waals surface area contributed by atoms with Gasteiger partial charge in [-0.15, -0.1) is 0 Å². The maximum Gasteiger partial charge on any atom is 0.273 e. The molecule has 1 fully saturated rings. The van der Waals surface area contributed by atoms with Crippen molar-refractivity contribution in [1.29, 1.82) is 0 Å². The number of rotatable bonds is 4. The molecule has 0 unspecified atom stereocenters. The average molecular weight is 362 g/mol. The second kappa shape index (κ2) is 7.70. The Morgan fingerprint density at radius 3 is 2.80 bits per heavy atom. The van der Waals surface area contributed by atoms with Gasteiger partial charge in [0.05, 0.1) is 6.54 Å². The second-order valence-electron chi connectivity index (χ2n) is 6.33. The molecule has 6 nitrogen and oxygen atoms in total. The number of halogens is 1. The summed E-state index contributed by atoms with van der Waals surface area (Å²) in [5.74, 6) is 0.595. The van der Waals surface area contributed by atoms with Crippen molar-refractivity contribution in [3.63, 3.8) is 0 Å². The predicted molar refractivity (Wildman–Crippen MR) is 94.3 cm³/mol. The van der Waals surface area contributed by atoms with Gasteiger partial charge in [-0.25, -0.2) is 0 Å². The SMILES string of the molecule is CC1CCN(C(=O)CNC(=O)c2cc(-c3cccc(Cl)c3)on2)CC1. The Labute approximate surface area is 151 Å². The normalized spacial score (nSPS) is 15.2. The number of hydrogen-bond acceptors (Lipinski definition) is 4. The van der Waals surface area contributed by atoms with E-state index in [9.17, 15) is 9.59 Å². The maximum absolute atomic E-state index is 12.2. The lowest BCUT2D eigenvalue weighted by atomic mass is 9.99. The summed E-state index contributed by atoms with van der Waals surface area (Å²) < 4.78 is 5.20. The Kier molecular flexibility index (Phi) is 5.38. The first-order valence-electron chi connectivity index (χ1n) is 8.31. The Hall–Kier alpha value is -2.34. The summed E-state index contributed by atoms with van der Waals surface area (Å²) in [6.07, 6.45) is 2.01. The van der Waals surface area contributed by atoms with Crippen LogP contribution in [0.2, 0.25) is 5.02 Å². The zero-order valence-corrected chi connectivity index (χ0v) is 14.8. The van der Waals surface area contributed by atoms with Crippen molar-refractivity contribution in [2.75, 3.05) is 19.6 Å². The van der Waals surface area contributed by atoms with Crippen LogP contribution >= 0.6 is 11.6 Å². The topological polar surface area (TPSA) is 75.4 Å². The largest absolute Gasteiger partial charge is 0.355 e. The molecular weight excluding hydrogens is 342 g/mol. The number of aromatic nitrogens is 1. The minimum Gasteiger partial charge on any atom is -0.355 e. The van der Waals surface area contributed by atoms with Gasteiger partial charge in [0.1, 0.15) is 0 Å². The van der Waals surface area contributed by atoms with Gasteiger partial charge in [0, 0.05) is 29.7 Å². The molecule has 132 valence electrons. The fourth-order valence-electron chi connectivity index (χ4n) is 2.78. The molecule has 0 aliphatic carbocycles. The lowest BCUT2D eigenvalue weighted by Gasteiger charge is -2.30. The van der Waals surface area contributed by atoms with Crippen molar-refractivity contribution in [3.05, 3.63) is 41.0 Å². The fraction of sp³-hybridized carbons (Fsp3) is 0.389. The van der Waals surface area contributed by atoms with E-state index in [1.54, 1.807) is 23.1 Å². The molecule has 2 heterocycles. The number of piperidine rings is 1. The zero-order valence-electron chi connectivity index (χ0n) is 14.0. The van der Waals surface area contributed by atoms with E-state index < -0.39 is 5.91 Å². The van der Waals surface area contributed by atoms with Gasteiger partial charge in [-0.3, -0.25) is 9.59 Å². The standard InChI is InChI=1S/C18H20ClN3O3/c1-12-5-7-22(8-6-12)17(23)11-20-18(24)15-10-16(25-21-15)13-3-2-4-14(19)9-13/h2-4,9-10,12H,5-8,11H2,1H3,(H,20,24). The molecule has 1 saturated heterocycles. The Morgan fingerprint density at radius 2 is 2.08 bits per heavy atom. The highest BCUT2D eigenvalue weighted by Gasteiger charge is 2.21. The predicted octanol–water partition coefficient (Wildman–Crippen LogP) is 2.98. The zero-order chi connectivity index (χ0) is 17.8. The third-order valence-corrected chi connectivity index (χ3v) is 4.62. The maximum atomic E-state index is 12.2. The molecule has 0 saturated carbocycles. The lowest BCUT2D eigenvalue weighted by molar-refractivity contribution is -0.131. The molecule has 1 aliphatic rings. The van der Waals surface area contributed by atoms with E-state index >= 15 is 0 Å². The van der Waals surface area contributed by atoms with Crippen LogP contribution in [0, 0.1) is 5.92 Å². The van der Waals surface area contributed by atoms with Crippen molar-refractivity contribution in [1.82, 2.24) is 15.4 Å². The Morgan fingerprint density at radius 1 is 1.32 bits per heavy atom. The number of carbonyl (C=O) groups is 2. The van der Waals surface area contributed by atoms with Crippen molar-refractivity contribution in [3.8, 4) is 11.3 Å². The van der Waals surface area contributed by atoms with Gasteiger partial charge in [0.2, 0.25) is 5.91 Å². The molecule has 1 aliphatic heterocycles. The molecule has 0 atom stereocenters. The first kappa shape index (κ1) is 17.5. The van der Waals surface area contributed by atoms with Crippen LogP contribution in [0.1, 0.15) is 30.3 Å². The second-order valence-corrected chi connectivity index (χ2v) is 6.77. The number of carbonyl (C=O) groups excluding carboxylic acids is 2. The van der Waals surface area contributed by atoms with Crippen LogP contribution < -0.4 is 5.32 Å². The molecule has 0 bridgehead atoms. The first-order valence-corrected chi connectivity index (χ1v) is 8.69. The number of amides is 2. The molecule has 1 aromatic heterocycles. The van der Waals surface area contributed by atoms with E-state index in [2.05, 4.69) is 17.4 Å². The molecule has 7 heteroatoms. The number of nitrogens with zero attached hydrogens (tertiary/aromatic N) is 2. The summed E-state index contributed by atoms with van der Waals surface area (Å²) in [4.78, 5) is 26.1. The van der Waals surface area contributed by atoms with E-state index in [0.717, 1.165) is 31.5 Å². The summed E-state index contributed by atoms with van der Waals surface area (Å²) in [7, 11) is 0. The monoisotopic (exact) mass is 361 g/mol. The van der Waals surface area contributed by atoms with E-state index in [0.29, 0.717) is 16.7 Å². The Balaban J connectivity index is 1.56. The van der Waals surface area contributed by atoms with E-state index in [1.165, 1.54) is 6.07 Å². The molecule has 0 radical (unpaired) electrons. The molecule has 3 rings (SSSR count). The van der Waals surface area contributed by atoms with Gasteiger partial charge in [-0.05, 0) is 30.9 Å². The minimum absolute atomic E-state index is 0.0351. The van der Waals surface area contributed by atoms with Gasteiger partial charge >= 0.3 is 0 Å². The number of nitrogens with one attached hydrogen (secondary N) is 1. The summed E-state index contributed by atoms with van der Waals surface area (Å²) in [5, 5.41) is 6.94.